The van der Waals surface area contributed by atoms with Crippen LogP contribution in [0, 0.1) is 11.8 Å². The number of rotatable bonds is 4. The third-order valence-electron chi connectivity index (χ3n) is 3.54. The molecule has 2 heterocycles. The van der Waals surface area contributed by atoms with Crippen LogP contribution in [0.1, 0.15) is 36.6 Å². The summed E-state index contributed by atoms with van der Waals surface area (Å²) in [5.74, 6) is 5.76. The summed E-state index contributed by atoms with van der Waals surface area (Å²) in [6.07, 6.45) is 2.95. The molecule has 1 unspecified atom stereocenters. The smallest absolute Gasteiger partial charge is 0.280 e. The molecular weight excluding hydrogens is 306 g/mol. The molecule has 0 aliphatic carbocycles. The van der Waals surface area contributed by atoms with Gasteiger partial charge in [-0.05, 0) is 31.2 Å². The van der Waals surface area contributed by atoms with E-state index in [1.807, 2.05) is 18.4 Å². The molecule has 7 heteroatoms. The lowest BCUT2D eigenvalue weighted by Gasteiger charge is -2.32. The van der Waals surface area contributed by atoms with Gasteiger partial charge in [0.1, 0.15) is 0 Å². The van der Waals surface area contributed by atoms with Gasteiger partial charge in [-0.1, -0.05) is 18.3 Å². The molecule has 1 aliphatic heterocycles. The van der Waals surface area contributed by atoms with E-state index in [4.69, 9.17) is 5.73 Å². The van der Waals surface area contributed by atoms with Crippen LogP contribution in [0.5, 0.6) is 0 Å². The van der Waals surface area contributed by atoms with Crippen LogP contribution in [0.4, 0.5) is 0 Å². The molecule has 1 aliphatic rings. The Labute approximate surface area is 130 Å². The van der Waals surface area contributed by atoms with Gasteiger partial charge in [-0.25, -0.2) is 0 Å². The van der Waals surface area contributed by atoms with Crippen LogP contribution in [-0.2, 0) is 16.8 Å². The van der Waals surface area contributed by atoms with E-state index >= 15 is 0 Å². The van der Waals surface area contributed by atoms with Crippen molar-refractivity contribution in [2.24, 2.45) is 5.73 Å². The number of nitrogens with two attached hydrogens (primary N) is 1. The van der Waals surface area contributed by atoms with Gasteiger partial charge in [-0.3, -0.25) is 0 Å². The van der Waals surface area contributed by atoms with E-state index in [0.29, 0.717) is 13.1 Å². The van der Waals surface area contributed by atoms with Crippen molar-refractivity contribution in [2.75, 3.05) is 13.1 Å². The van der Waals surface area contributed by atoms with E-state index in [2.05, 4.69) is 16.6 Å². The highest BCUT2D eigenvalue weighted by atomic mass is 32.2. The summed E-state index contributed by atoms with van der Waals surface area (Å²) in [7, 11) is -3.43. The summed E-state index contributed by atoms with van der Waals surface area (Å²) in [5.41, 5.74) is 6.21. The van der Waals surface area contributed by atoms with Crippen LogP contribution in [0.2, 0.25) is 0 Å². The zero-order chi connectivity index (χ0) is 15.3. The molecule has 2 rings (SSSR count). The highest BCUT2D eigenvalue weighted by Crippen LogP contribution is 2.20. The minimum absolute atomic E-state index is 0.0658. The molecule has 1 atom stereocenters. The molecule has 0 aromatic carbocycles. The van der Waals surface area contributed by atoms with Crippen LogP contribution in [-0.4, -0.2) is 31.9 Å². The number of nitrogens with one attached hydrogen (secondary N) is 1. The lowest BCUT2D eigenvalue weighted by atomic mass is 10.1. The van der Waals surface area contributed by atoms with Gasteiger partial charge in [-0.2, -0.15) is 17.4 Å². The maximum atomic E-state index is 12.4. The van der Waals surface area contributed by atoms with Crippen LogP contribution in [0.15, 0.2) is 11.4 Å². The number of nitrogens with zero attached hydrogens (tertiary/aromatic N) is 1. The van der Waals surface area contributed by atoms with Gasteiger partial charge in [0.25, 0.3) is 10.2 Å². The summed E-state index contributed by atoms with van der Waals surface area (Å²) < 4.78 is 29.0. The molecule has 0 radical (unpaired) electrons. The minimum atomic E-state index is -3.43. The topological polar surface area (TPSA) is 75.4 Å². The van der Waals surface area contributed by atoms with E-state index in [1.165, 1.54) is 11.3 Å². The average Bonchev–Trinajstić information content (AvgIpc) is 2.91. The van der Waals surface area contributed by atoms with E-state index < -0.39 is 10.2 Å². The largest absolute Gasteiger partial charge is 0.320 e. The Bertz CT molecular complexity index is 628. The van der Waals surface area contributed by atoms with E-state index in [9.17, 15) is 8.42 Å². The molecular formula is C14H21N3O2S2. The van der Waals surface area contributed by atoms with Crippen molar-refractivity contribution in [3.8, 4) is 11.8 Å². The fourth-order valence-corrected chi connectivity index (χ4v) is 4.71. The Morgan fingerprint density at radius 1 is 1.52 bits per heavy atom. The molecule has 0 saturated carbocycles. The van der Waals surface area contributed by atoms with Gasteiger partial charge < -0.3 is 5.73 Å². The monoisotopic (exact) mass is 327 g/mol. The van der Waals surface area contributed by atoms with Gasteiger partial charge in [0.2, 0.25) is 0 Å². The van der Waals surface area contributed by atoms with Crippen molar-refractivity contribution in [1.82, 2.24) is 9.03 Å². The molecule has 116 valence electrons. The van der Waals surface area contributed by atoms with Crippen LogP contribution >= 0.6 is 11.3 Å². The molecule has 0 bridgehead atoms. The average molecular weight is 327 g/mol. The Morgan fingerprint density at radius 2 is 2.33 bits per heavy atom. The summed E-state index contributed by atoms with van der Waals surface area (Å²) in [4.78, 5) is 0.921. The minimum Gasteiger partial charge on any atom is -0.320 e. The van der Waals surface area contributed by atoms with Gasteiger partial charge in [0.15, 0.2) is 0 Å². The first-order chi connectivity index (χ1) is 10.0. The third-order valence-corrected chi connectivity index (χ3v) is 6.13. The molecule has 1 saturated heterocycles. The fraction of sp³-hybridized carbons (Fsp3) is 0.571. The first-order valence-electron chi connectivity index (χ1n) is 7.06. The molecule has 1 aromatic heterocycles. The zero-order valence-corrected chi connectivity index (χ0v) is 13.8. The maximum absolute atomic E-state index is 12.4. The molecule has 0 amide bonds. The molecule has 5 nitrogen and oxygen atoms in total. The molecule has 21 heavy (non-hydrogen) atoms. The van der Waals surface area contributed by atoms with Crippen molar-refractivity contribution >= 4 is 21.5 Å². The first-order valence-corrected chi connectivity index (χ1v) is 9.38. The Balaban J connectivity index is 2.03. The standard InChI is InChI=1S/C14H21N3O2S2/c1-12-5-2-3-9-17(12)21(18,19)16-11-14-13(6-4-8-15)7-10-20-14/h7,10,12,16H,2-3,5,8-9,11,15H2,1H3. The van der Waals surface area contributed by atoms with Crippen LogP contribution in [0.25, 0.3) is 0 Å². The van der Waals surface area contributed by atoms with Crippen molar-refractivity contribution in [1.29, 1.82) is 0 Å². The maximum Gasteiger partial charge on any atom is 0.280 e. The van der Waals surface area contributed by atoms with Crippen molar-refractivity contribution in [2.45, 2.75) is 38.8 Å². The van der Waals surface area contributed by atoms with Gasteiger partial charge in [0.05, 0.1) is 6.54 Å². The summed E-state index contributed by atoms with van der Waals surface area (Å²) >= 11 is 1.50. The van der Waals surface area contributed by atoms with Gasteiger partial charge in [-0.15, -0.1) is 11.3 Å². The summed E-state index contributed by atoms with van der Waals surface area (Å²) in [6, 6.07) is 1.96. The van der Waals surface area contributed by atoms with Crippen molar-refractivity contribution < 1.29 is 8.42 Å². The predicted octanol–water partition coefficient (Wildman–Crippen LogP) is 1.27. The Kier molecular flexibility index (Phi) is 5.79. The number of hydrogen-bond acceptors (Lipinski definition) is 4. The van der Waals surface area contributed by atoms with Crippen molar-refractivity contribution in [3.05, 3.63) is 21.9 Å². The zero-order valence-electron chi connectivity index (χ0n) is 12.1. The highest BCUT2D eigenvalue weighted by Gasteiger charge is 2.29. The molecule has 0 spiro atoms. The molecule has 3 N–H and O–H groups in total. The van der Waals surface area contributed by atoms with Gasteiger partial charge in [0, 0.05) is 29.6 Å². The summed E-state index contributed by atoms with van der Waals surface area (Å²) in [6.45, 7) is 3.13. The number of hydrogen-bond donors (Lipinski definition) is 2. The lowest BCUT2D eigenvalue weighted by molar-refractivity contribution is 0.265. The second-order valence-corrected chi connectivity index (χ2v) is 7.75. The highest BCUT2D eigenvalue weighted by molar-refractivity contribution is 7.87. The molecule has 1 fully saturated rings. The predicted molar refractivity (Wildman–Crippen MR) is 86.0 cm³/mol. The third kappa shape index (κ3) is 4.28. The Morgan fingerprint density at radius 3 is 3.05 bits per heavy atom. The van der Waals surface area contributed by atoms with Gasteiger partial charge >= 0.3 is 0 Å². The lowest BCUT2D eigenvalue weighted by Crippen LogP contribution is -2.47. The quantitative estimate of drug-likeness (QED) is 0.818. The van der Waals surface area contributed by atoms with Crippen LogP contribution < -0.4 is 10.5 Å². The number of piperidine rings is 1. The summed E-state index contributed by atoms with van der Waals surface area (Å²) in [5, 5.41) is 1.91. The SMILES string of the molecule is CC1CCCCN1S(=O)(=O)NCc1sccc1C#CCN. The van der Waals surface area contributed by atoms with E-state index in [1.54, 1.807) is 4.31 Å². The van der Waals surface area contributed by atoms with E-state index in [-0.39, 0.29) is 12.6 Å². The number of thiophene rings is 1. The second kappa shape index (κ2) is 7.38. The fourth-order valence-electron chi connectivity index (χ4n) is 2.40. The second-order valence-electron chi connectivity index (χ2n) is 5.05. The first kappa shape index (κ1) is 16.5. The Hall–Kier alpha value is -0.910. The van der Waals surface area contributed by atoms with Crippen LogP contribution in [0.3, 0.4) is 0 Å². The van der Waals surface area contributed by atoms with E-state index in [0.717, 1.165) is 29.7 Å². The normalized spacial score (nSPS) is 20.0. The van der Waals surface area contributed by atoms with Crippen molar-refractivity contribution in [3.63, 3.8) is 0 Å². The molecule has 1 aromatic rings.